The molecule has 0 atom stereocenters. The Morgan fingerprint density at radius 3 is 2.56 bits per heavy atom. The fourth-order valence-corrected chi connectivity index (χ4v) is 2.94. The van der Waals surface area contributed by atoms with Crippen LogP contribution in [0.25, 0.3) is 0 Å². The first kappa shape index (κ1) is 20.8. The molecule has 1 aromatic carbocycles. The van der Waals surface area contributed by atoms with Gasteiger partial charge in [-0.1, -0.05) is 18.5 Å². The highest BCUT2D eigenvalue weighted by Crippen LogP contribution is 2.36. The quantitative estimate of drug-likeness (QED) is 0.716. The molecule has 0 aliphatic heterocycles. The Balaban J connectivity index is 2.22. The van der Waals surface area contributed by atoms with Gasteiger partial charge in [-0.25, -0.2) is 0 Å². The molecule has 2 aromatic rings. The lowest BCUT2D eigenvalue weighted by Crippen LogP contribution is -2.28. The van der Waals surface area contributed by atoms with Crippen molar-refractivity contribution in [2.24, 2.45) is 0 Å². The van der Waals surface area contributed by atoms with Crippen LogP contribution in [-0.2, 0) is 6.54 Å². The van der Waals surface area contributed by atoms with E-state index in [1.807, 2.05) is 33.8 Å². The molecule has 0 bridgehead atoms. The summed E-state index contributed by atoms with van der Waals surface area (Å²) in [5, 5.41) is 3.07. The van der Waals surface area contributed by atoms with Gasteiger partial charge in [-0.2, -0.15) is 0 Å². The van der Waals surface area contributed by atoms with Gasteiger partial charge in [-0.15, -0.1) is 0 Å². The summed E-state index contributed by atoms with van der Waals surface area (Å²) in [6, 6.07) is 5.01. The van der Waals surface area contributed by atoms with Gasteiger partial charge in [0.1, 0.15) is 0 Å². The van der Waals surface area contributed by atoms with E-state index in [4.69, 9.17) is 21.1 Å². The van der Waals surface area contributed by atoms with E-state index in [0.29, 0.717) is 40.9 Å². The average Bonchev–Trinajstić information content (AvgIpc) is 2.60. The number of amides is 1. The maximum Gasteiger partial charge on any atom is 0.253 e. The summed E-state index contributed by atoms with van der Waals surface area (Å²) in [6.45, 7) is 8.53. The molecule has 0 fully saturated rings. The number of nitrogens with one attached hydrogen (secondary N) is 2. The zero-order valence-corrected chi connectivity index (χ0v) is 16.8. The van der Waals surface area contributed by atoms with E-state index >= 15 is 0 Å². The number of carbonyl (C=O) groups excluding carboxylic acids is 1. The number of ether oxygens (including phenoxy) is 2. The van der Waals surface area contributed by atoms with Crippen molar-refractivity contribution < 1.29 is 14.3 Å². The van der Waals surface area contributed by atoms with E-state index in [9.17, 15) is 9.59 Å². The van der Waals surface area contributed by atoms with Gasteiger partial charge in [0.2, 0.25) is 0 Å². The lowest BCUT2D eigenvalue weighted by Gasteiger charge is -2.15. The number of rotatable bonds is 8. The predicted molar refractivity (Wildman–Crippen MR) is 106 cm³/mol. The van der Waals surface area contributed by atoms with E-state index in [2.05, 4.69) is 10.3 Å². The number of aromatic amines is 1. The number of carbonyl (C=O) groups is 1. The van der Waals surface area contributed by atoms with Crippen LogP contribution in [0.1, 0.15) is 47.4 Å². The Morgan fingerprint density at radius 1 is 1.19 bits per heavy atom. The van der Waals surface area contributed by atoms with Crippen LogP contribution in [0.4, 0.5) is 0 Å². The molecule has 1 aromatic heterocycles. The molecule has 0 aliphatic rings. The third kappa shape index (κ3) is 5.26. The van der Waals surface area contributed by atoms with Crippen molar-refractivity contribution in [1.82, 2.24) is 10.3 Å². The number of aromatic nitrogens is 1. The van der Waals surface area contributed by atoms with Crippen molar-refractivity contribution in [1.29, 1.82) is 0 Å². The van der Waals surface area contributed by atoms with Gasteiger partial charge in [0.25, 0.3) is 11.5 Å². The molecule has 1 heterocycles. The van der Waals surface area contributed by atoms with Crippen molar-refractivity contribution in [3.8, 4) is 11.5 Å². The van der Waals surface area contributed by atoms with Gasteiger partial charge in [-0.05, 0) is 51.0 Å². The van der Waals surface area contributed by atoms with Gasteiger partial charge in [0, 0.05) is 23.4 Å². The number of hydrogen-bond donors (Lipinski definition) is 2. The summed E-state index contributed by atoms with van der Waals surface area (Å²) in [5.74, 6) is 0.509. The summed E-state index contributed by atoms with van der Waals surface area (Å²) in [5.41, 5.74) is 2.27. The zero-order chi connectivity index (χ0) is 20.0. The second-order valence-electron chi connectivity index (χ2n) is 6.19. The number of benzene rings is 1. The highest BCUT2D eigenvalue weighted by molar-refractivity contribution is 6.32. The van der Waals surface area contributed by atoms with Crippen LogP contribution in [0, 0.1) is 13.8 Å². The minimum Gasteiger partial charge on any atom is -0.490 e. The first-order chi connectivity index (χ1) is 12.9. The summed E-state index contributed by atoms with van der Waals surface area (Å²) in [7, 11) is 0. The first-order valence-corrected chi connectivity index (χ1v) is 9.31. The first-order valence-electron chi connectivity index (χ1n) is 8.94. The van der Waals surface area contributed by atoms with Crippen LogP contribution in [0.3, 0.4) is 0 Å². The lowest BCUT2D eigenvalue weighted by atomic mass is 10.1. The van der Waals surface area contributed by atoms with E-state index in [1.165, 1.54) is 6.07 Å². The highest BCUT2D eigenvalue weighted by atomic mass is 35.5. The van der Waals surface area contributed by atoms with Crippen molar-refractivity contribution >= 4 is 17.5 Å². The normalized spacial score (nSPS) is 10.6. The molecular formula is C20H25ClN2O4. The second-order valence-corrected chi connectivity index (χ2v) is 6.60. The van der Waals surface area contributed by atoms with Crippen LogP contribution in [0.15, 0.2) is 23.0 Å². The van der Waals surface area contributed by atoms with Crippen molar-refractivity contribution in [2.75, 3.05) is 13.2 Å². The molecular weight excluding hydrogens is 368 g/mol. The van der Waals surface area contributed by atoms with Crippen LogP contribution in [-0.4, -0.2) is 24.1 Å². The topological polar surface area (TPSA) is 80.4 Å². The Kier molecular flexibility index (Phi) is 7.30. The average molecular weight is 393 g/mol. The summed E-state index contributed by atoms with van der Waals surface area (Å²) in [4.78, 5) is 27.4. The third-order valence-corrected chi connectivity index (χ3v) is 4.22. The largest absolute Gasteiger partial charge is 0.490 e. The van der Waals surface area contributed by atoms with E-state index in [-0.39, 0.29) is 18.0 Å². The zero-order valence-electron chi connectivity index (χ0n) is 16.1. The van der Waals surface area contributed by atoms with Gasteiger partial charge in [0.15, 0.2) is 11.5 Å². The SMILES string of the molecule is CCCOc1c(Cl)cc(C(=O)NCc2c(C)cc(C)[nH]c2=O)cc1OCC. The Labute approximate surface area is 163 Å². The fraction of sp³-hybridized carbons (Fsp3) is 0.400. The van der Waals surface area contributed by atoms with Gasteiger partial charge >= 0.3 is 0 Å². The molecule has 2 N–H and O–H groups in total. The number of halogens is 1. The highest BCUT2D eigenvalue weighted by Gasteiger charge is 2.17. The molecule has 146 valence electrons. The summed E-state index contributed by atoms with van der Waals surface area (Å²) in [6.07, 6.45) is 0.828. The molecule has 0 unspecified atom stereocenters. The lowest BCUT2D eigenvalue weighted by molar-refractivity contribution is 0.0950. The van der Waals surface area contributed by atoms with Crippen LogP contribution in [0.5, 0.6) is 11.5 Å². The number of pyridine rings is 1. The predicted octanol–water partition coefficient (Wildman–Crippen LogP) is 3.76. The molecule has 0 aliphatic carbocycles. The minimum atomic E-state index is -0.348. The number of hydrogen-bond acceptors (Lipinski definition) is 4. The van der Waals surface area contributed by atoms with Crippen LogP contribution in [0.2, 0.25) is 5.02 Å². The Hall–Kier alpha value is -2.47. The molecule has 0 saturated carbocycles. The molecule has 0 spiro atoms. The molecule has 7 heteroatoms. The molecule has 0 radical (unpaired) electrons. The number of H-pyrrole nitrogens is 1. The number of aryl methyl sites for hydroxylation is 2. The van der Waals surface area contributed by atoms with Crippen LogP contribution >= 0.6 is 11.6 Å². The Morgan fingerprint density at radius 2 is 1.93 bits per heavy atom. The van der Waals surface area contributed by atoms with E-state index in [1.54, 1.807) is 6.07 Å². The maximum atomic E-state index is 12.6. The van der Waals surface area contributed by atoms with E-state index < -0.39 is 0 Å². The molecule has 2 rings (SSSR count). The third-order valence-electron chi connectivity index (χ3n) is 3.94. The van der Waals surface area contributed by atoms with Gasteiger partial charge < -0.3 is 19.8 Å². The van der Waals surface area contributed by atoms with Crippen LogP contribution < -0.4 is 20.3 Å². The van der Waals surface area contributed by atoms with E-state index in [0.717, 1.165) is 17.7 Å². The molecule has 6 nitrogen and oxygen atoms in total. The molecule has 0 saturated heterocycles. The maximum absolute atomic E-state index is 12.6. The monoisotopic (exact) mass is 392 g/mol. The minimum absolute atomic E-state index is 0.121. The standard InChI is InChI=1S/C20H25ClN2O4/c1-5-7-27-18-16(21)9-14(10-17(18)26-6-2)19(24)22-11-15-12(3)8-13(4)23-20(15)25/h8-10H,5-7,11H2,1-4H3,(H,22,24)(H,23,25). The second kappa shape index (κ2) is 9.46. The van der Waals surface area contributed by atoms with Gasteiger partial charge in [0.05, 0.1) is 18.2 Å². The smallest absolute Gasteiger partial charge is 0.253 e. The van der Waals surface area contributed by atoms with Crippen molar-refractivity contribution in [2.45, 2.75) is 40.7 Å². The van der Waals surface area contributed by atoms with Crippen molar-refractivity contribution in [3.05, 3.63) is 56.0 Å². The Bertz CT molecular complexity index is 877. The molecule has 27 heavy (non-hydrogen) atoms. The summed E-state index contributed by atoms with van der Waals surface area (Å²) >= 11 is 6.30. The van der Waals surface area contributed by atoms with Crippen molar-refractivity contribution in [3.63, 3.8) is 0 Å². The molecule has 1 amide bonds. The van der Waals surface area contributed by atoms with Gasteiger partial charge in [-0.3, -0.25) is 9.59 Å². The fourth-order valence-electron chi connectivity index (χ4n) is 2.68. The summed E-state index contributed by atoms with van der Waals surface area (Å²) < 4.78 is 11.2.